The molecule has 1 amide bonds. The Morgan fingerprint density at radius 2 is 1.81 bits per heavy atom. The number of amides is 1. The first-order valence-corrected chi connectivity index (χ1v) is 9.86. The minimum absolute atomic E-state index is 0.274. The number of carbonyl (C=O) groups excluding carboxylic acids is 2. The summed E-state index contributed by atoms with van der Waals surface area (Å²) in [5.74, 6) is 0.534. The summed E-state index contributed by atoms with van der Waals surface area (Å²) < 4.78 is 21.0. The van der Waals surface area contributed by atoms with Crippen LogP contribution in [0.3, 0.4) is 0 Å². The van der Waals surface area contributed by atoms with Gasteiger partial charge in [0.15, 0.2) is 18.1 Å². The van der Waals surface area contributed by atoms with Gasteiger partial charge in [-0.05, 0) is 48.0 Å². The number of aromatic nitrogens is 1. The normalized spacial score (nSPS) is 10.2. The molecule has 0 saturated carbocycles. The zero-order chi connectivity index (χ0) is 22.8. The van der Waals surface area contributed by atoms with Crippen LogP contribution in [0.2, 0.25) is 0 Å². The number of methoxy groups -OCH3 is 2. The molecule has 32 heavy (non-hydrogen) atoms. The fourth-order valence-corrected chi connectivity index (χ4v) is 2.80. The third-order valence-electron chi connectivity index (χ3n) is 4.46. The Labute approximate surface area is 186 Å². The van der Waals surface area contributed by atoms with E-state index < -0.39 is 5.97 Å². The van der Waals surface area contributed by atoms with E-state index in [9.17, 15) is 9.59 Å². The van der Waals surface area contributed by atoms with Crippen molar-refractivity contribution in [3.8, 4) is 17.2 Å². The van der Waals surface area contributed by atoms with E-state index in [1.165, 1.54) is 20.3 Å². The summed E-state index contributed by atoms with van der Waals surface area (Å²) in [5, 5.41) is 2.86. The van der Waals surface area contributed by atoms with Gasteiger partial charge in [-0.25, -0.2) is 4.79 Å². The number of hydrogen-bond donors (Lipinski definition) is 1. The molecule has 0 radical (unpaired) electrons. The van der Waals surface area contributed by atoms with E-state index >= 15 is 0 Å². The summed E-state index contributed by atoms with van der Waals surface area (Å²) in [4.78, 5) is 28.2. The molecule has 0 spiro atoms. The Kier molecular flexibility index (Phi) is 8.02. The number of pyridine rings is 1. The second-order valence-corrected chi connectivity index (χ2v) is 6.67. The van der Waals surface area contributed by atoms with Crippen LogP contribution in [-0.4, -0.2) is 37.7 Å². The first-order valence-electron chi connectivity index (χ1n) is 9.86. The Morgan fingerprint density at radius 3 is 2.56 bits per heavy atom. The first kappa shape index (κ1) is 22.6. The molecule has 0 unspecified atom stereocenters. The molecule has 8 nitrogen and oxygen atoms in total. The SMILES string of the molecule is COC(=O)COc1cc(C(=O)NCc2cccc(OCc3ccccn3)c2)ccc1OC. The van der Waals surface area contributed by atoms with Crippen LogP contribution < -0.4 is 19.5 Å². The standard InChI is InChI=1S/C24H24N2O6/c1-29-21-10-9-18(13-22(21)32-16-23(27)30-2)24(28)26-14-17-6-5-8-20(12-17)31-15-19-7-3-4-11-25-19/h3-13H,14-16H2,1-2H3,(H,26,28). The molecule has 0 fully saturated rings. The van der Waals surface area contributed by atoms with Gasteiger partial charge < -0.3 is 24.3 Å². The van der Waals surface area contributed by atoms with Gasteiger partial charge in [-0.3, -0.25) is 9.78 Å². The lowest BCUT2D eigenvalue weighted by Gasteiger charge is -2.12. The lowest BCUT2D eigenvalue weighted by molar-refractivity contribution is -0.142. The number of nitrogens with zero attached hydrogens (tertiary/aromatic N) is 1. The van der Waals surface area contributed by atoms with E-state index in [4.69, 9.17) is 14.2 Å². The molecular formula is C24H24N2O6. The number of carbonyl (C=O) groups is 2. The highest BCUT2D eigenvalue weighted by Gasteiger charge is 2.13. The van der Waals surface area contributed by atoms with Gasteiger partial charge >= 0.3 is 5.97 Å². The van der Waals surface area contributed by atoms with Crippen LogP contribution in [0.4, 0.5) is 0 Å². The molecule has 0 atom stereocenters. The van der Waals surface area contributed by atoms with Gasteiger partial charge in [0.25, 0.3) is 5.91 Å². The molecule has 1 heterocycles. The van der Waals surface area contributed by atoms with Crippen molar-refractivity contribution in [3.05, 3.63) is 83.7 Å². The summed E-state index contributed by atoms with van der Waals surface area (Å²) >= 11 is 0. The van der Waals surface area contributed by atoms with Gasteiger partial charge in [-0.15, -0.1) is 0 Å². The third kappa shape index (κ3) is 6.46. The van der Waals surface area contributed by atoms with E-state index in [1.54, 1.807) is 18.3 Å². The molecule has 0 aliphatic rings. The van der Waals surface area contributed by atoms with Gasteiger partial charge in [-0.1, -0.05) is 18.2 Å². The smallest absolute Gasteiger partial charge is 0.343 e. The molecule has 0 aliphatic heterocycles. The van der Waals surface area contributed by atoms with Gasteiger partial charge in [0.1, 0.15) is 12.4 Å². The third-order valence-corrected chi connectivity index (χ3v) is 4.46. The van der Waals surface area contributed by atoms with Crippen molar-refractivity contribution in [2.75, 3.05) is 20.8 Å². The Morgan fingerprint density at radius 1 is 0.938 bits per heavy atom. The maximum Gasteiger partial charge on any atom is 0.343 e. The molecule has 3 rings (SSSR count). The highest BCUT2D eigenvalue weighted by molar-refractivity contribution is 5.94. The predicted molar refractivity (Wildman–Crippen MR) is 117 cm³/mol. The van der Waals surface area contributed by atoms with Crippen molar-refractivity contribution in [3.63, 3.8) is 0 Å². The van der Waals surface area contributed by atoms with Crippen LogP contribution in [0, 0.1) is 0 Å². The van der Waals surface area contributed by atoms with E-state index in [-0.39, 0.29) is 18.3 Å². The number of rotatable bonds is 10. The van der Waals surface area contributed by atoms with Gasteiger partial charge in [0, 0.05) is 18.3 Å². The quantitative estimate of drug-likeness (QED) is 0.488. The highest BCUT2D eigenvalue weighted by atomic mass is 16.6. The molecular weight excluding hydrogens is 412 g/mol. The summed E-state index contributed by atoms with van der Waals surface area (Å²) in [7, 11) is 2.74. The van der Waals surface area contributed by atoms with E-state index in [0.717, 1.165) is 11.3 Å². The minimum atomic E-state index is -0.535. The Hall–Kier alpha value is -4.07. The summed E-state index contributed by atoms with van der Waals surface area (Å²) in [6.07, 6.45) is 1.72. The highest BCUT2D eigenvalue weighted by Crippen LogP contribution is 2.28. The zero-order valence-electron chi connectivity index (χ0n) is 17.9. The van der Waals surface area contributed by atoms with Gasteiger partial charge in [0.05, 0.1) is 19.9 Å². The Balaban J connectivity index is 1.59. The van der Waals surface area contributed by atoms with Crippen LogP contribution in [0.1, 0.15) is 21.6 Å². The summed E-state index contributed by atoms with van der Waals surface area (Å²) in [6, 6.07) is 17.9. The fourth-order valence-electron chi connectivity index (χ4n) is 2.80. The maximum atomic E-state index is 12.6. The first-order chi connectivity index (χ1) is 15.6. The topological polar surface area (TPSA) is 96.0 Å². The molecule has 0 saturated heterocycles. The number of nitrogens with one attached hydrogen (secondary N) is 1. The molecule has 1 aromatic heterocycles. The molecule has 0 aliphatic carbocycles. The van der Waals surface area contributed by atoms with Crippen LogP contribution >= 0.6 is 0 Å². The van der Waals surface area contributed by atoms with Crippen molar-refractivity contribution in [1.29, 1.82) is 0 Å². The number of hydrogen-bond acceptors (Lipinski definition) is 7. The minimum Gasteiger partial charge on any atom is -0.493 e. The fraction of sp³-hybridized carbons (Fsp3) is 0.208. The average molecular weight is 436 g/mol. The van der Waals surface area contributed by atoms with Crippen molar-refractivity contribution >= 4 is 11.9 Å². The van der Waals surface area contributed by atoms with Crippen LogP contribution in [0.5, 0.6) is 17.2 Å². The number of esters is 1. The second kappa shape index (κ2) is 11.4. The molecule has 166 valence electrons. The molecule has 1 N–H and O–H groups in total. The molecule has 8 heteroatoms. The van der Waals surface area contributed by atoms with Crippen molar-refractivity contribution in [2.24, 2.45) is 0 Å². The van der Waals surface area contributed by atoms with E-state index in [1.807, 2.05) is 42.5 Å². The van der Waals surface area contributed by atoms with Crippen molar-refractivity contribution in [2.45, 2.75) is 13.2 Å². The number of ether oxygens (including phenoxy) is 4. The largest absolute Gasteiger partial charge is 0.493 e. The van der Waals surface area contributed by atoms with E-state index in [2.05, 4.69) is 15.0 Å². The zero-order valence-corrected chi connectivity index (χ0v) is 17.9. The average Bonchev–Trinajstić information content (AvgIpc) is 2.85. The molecule has 2 aromatic carbocycles. The monoisotopic (exact) mass is 436 g/mol. The van der Waals surface area contributed by atoms with Crippen molar-refractivity contribution in [1.82, 2.24) is 10.3 Å². The number of benzene rings is 2. The van der Waals surface area contributed by atoms with Gasteiger partial charge in [-0.2, -0.15) is 0 Å². The predicted octanol–water partition coefficient (Wildman–Crippen LogP) is 3.15. The Bertz CT molecular complexity index is 1060. The van der Waals surface area contributed by atoms with Crippen LogP contribution in [0.15, 0.2) is 66.9 Å². The van der Waals surface area contributed by atoms with Crippen LogP contribution in [-0.2, 0) is 22.7 Å². The molecule has 3 aromatic rings. The lowest BCUT2D eigenvalue weighted by atomic mass is 10.1. The molecule has 0 bridgehead atoms. The second-order valence-electron chi connectivity index (χ2n) is 6.67. The lowest BCUT2D eigenvalue weighted by Crippen LogP contribution is -2.23. The summed E-state index contributed by atoms with van der Waals surface area (Å²) in [6.45, 7) is 0.379. The van der Waals surface area contributed by atoms with Crippen molar-refractivity contribution < 1.29 is 28.5 Å². The van der Waals surface area contributed by atoms with Crippen LogP contribution in [0.25, 0.3) is 0 Å². The van der Waals surface area contributed by atoms with E-state index in [0.29, 0.717) is 30.2 Å². The van der Waals surface area contributed by atoms with Gasteiger partial charge in [0.2, 0.25) is 0 Å². The summed E-state index contributed by atoms with van der Waals surface area (Å²) in [5.41, 5.74) is 2.08. The maximum absolute atomic E-state index is 12.6.